The molecule has 0 aliphatic heterocycles. The number of alkyl halides is 3. The van der Waals surface area contributed by atoms with Crippen molar-refractivity contribution in [1.29, 1.82) is 5.41 Å². The molecular weight excluding hydrogens is 603 g/mol. The van der Waals surface area contributed by atoms with E-state index in [0.717, 1.165) is 5.56 Å². The maximum Gasteiger partial charge on any atom is 0.412 e. The van der Waals surface area contributed by atoms with Crippen molar-refractivity contribution in [3.05, 3.63) is 83.9 Å². The molecule has 0 atom stereocenters. The van der Waals surface area contributed by atoms with E-state index in [2.05, 4.69) is 10.6 Å². The second-order valence-electron chi connectivity index (χ2n) is 8.38. The summed E-state index contributed by atoms with van der Waals surface area (Å²) in [5, 5.41) is 18.3. The van der Waals surface area contributed by atoms with E-state index in [9.17, 15) is 18.0 Å². The molecule has 212 valence electrons. The van der Waals surface area contributed by atoms with E-state index in [1.165, 1.54) is 6.07 Å². The second-order valence-corrected chi connectivity index (χ2v) is 12.4. The lowest BCUT2D eigenvalue weighted by Crippen LogP contribution is -2.33. The van der Waals surface area contributed by atoms with Crippen molar-refractivity contribution in [2.24, 2.45) is 5.14 Å². The number of halogens is 3. The highest BCUT2D eigenvalue weighted by Crippen LogP contribution is 2.28. The summed E-state index contributed by atoms with van der Waals surface area (Å²) in [6.07, 6.45) is -0.413. The lowest BCUT2D eigenvalue weighted by atomic mass is 10.1. The van der Waals surface area contributed by atoms with Gasteiger partial charge in [0.2, 0.25) is 13.8 Å². The molecule has 5 N–H and O–H groups in total. The van der Waals surface area contributed by atoms with Crippen molar-refractivity contribution < 1.29 is 27.5 Å². The monoisotopic (exact) mass is 626 g/mol. The molecule has 3 aromatic rings. The summed E-state index contributed by atoms with van der Waals surface area (Å²) in [4.78, 5) is 24.0. The standard InChI is InChI=1S/C26H25Cl3N4O6S/c27-26(28,29)16-38-25(35)33-23(30)19-7-3-5-17(15-19)6-4-14-32-24(34)39-20-12-10-18(11-13-20)21-8-1-2-9-22(21)40(31,36)37/h1-3,5,7-13,15H,4,6,14,16H2,(H,32,34)(H2,30,33,35)(H2,31,36,37). The summed E-state index contributed by atoms with van der Waals surface area (Å²) in [6, 6.07) is 19.7. The Bertz CT molecular complexity index is 1480. The first kappa shape index (κ1) is 31.2. The number of alkyl carbamates (subject to hydrolysis) is 1. The van der Waals surface area contributed by atoms with Crippen molar-refractivity contribution in [2.45, 2.75) is 21.5 Å². The topological polar surface area (TPSA) is 161 Å². The van der Waals surface area contributed by atoms with Crippen LogP contribution < -0.4 is 20.5 Å². The Labute approximate surface area is 246 Å². The van der Waals surface area contributed by atoms with Crippen LogP contribution in [0.1, 0.15) is 17.5 Å². The number of nitrogens with two attached hydrogens (primary N) is 1. The number of primary sulfonamides is 1. The van der Waals surface area contributed by atoms with Crippen LogP contribution in [0.15, 0.2) is 77.7 Å². The minimum atomic E-state index is -3.90. The molecule has 0 saturated carbocycles. The third kappa shape index (κ3) is 10.00. The highest BCUT2D eigenvalue weighted by atomic mass is 35.6. The van der Waals surface area contributed by atoms with Gasteiger partial charge in [0.15, 0.2) is 0 Å². The molecule has 3 aromatic carbocycles. The van der Waals surface area contributed by atoms with Gasteiger partial charge in [-0.3, -0.25) is 10.7 Å². The molecule has 0 unspecified atom stereocenters. The van der Waals surface area contributed by atoms with Crippen molar-refractivity contribution in [1.82, 2.24) is 10.6 Å². The van der Waals surface area contributed by atoms with Gasteiger partial charge in [0.25, 0.3) is 0 Å². The minimum Gasteiger partial charge on any atom is -0.445 e. The molecule has 0 fully saturated rings. The largest absolute Gasteiger partial charge is 0.445 e. The number of rotatable bonds is 9. The van der Waals surface area contributed by atoms with Crippen LogP contribution >= 0.6 is 34.8 Å². The molecular formula is C26H25Cl3N4O6S. The number of sulfonamides is 1. The van der Waals surface area contributed by atoms with Crippen LogP contribution in [0.25, 0.3) is 11.1 Å². The minimum absolute atomic E-state index is 0.000442. The molecule has 0 radical (unpaired) electrons. The molecule has 0 aliphatic rings. The van der Waals surface area contributed by atoms with E-state index in [4.69, 9.17) is 54.8 Å². The van der Waals surface area contributed by atoms with Crippen molar-refractivity contribution in [3.8, 4) is 16.9 Å². The smallest absolute Gasteiger partial charge is 0.412 e. The fraction of sp³-hybridized carbons (Fsp3) is 0.192. The Balaban J connectivity index is 1.45. The van der Waals surface area contributed by atoms with Crippen LogP contribution in [0, 0.1) is 5.41 Å². The van der Waals surface area contributed by atoms with E-state index in [0.29, 0.717) is 36.1 Å². The van der Waals surface area contributed by atoms with Gasteiger partial charge in [-0.25, -0.2) is 23.1 Å². The van der Waals surface area contributed by atoms with Crippen LogP contribution in [0.3, 0.4) is 0 Å². The van der Waals surface area contributed by atoms with Crippen molar-refractivity contribution in [3.63, 3.8) is 0 Å². The normalized spacial score (nSPS) is 11.4. The third-order valence-electron chi connectivity index (χ3n) is 5.29. The molecule has 0 heterocycles. The Morgan fingerprint density at radius 1 is 0.950 bits per heavy atom. The Morgan fingerprint density at radius 3 is 2.33 bits per heavy atom. The maximum absolute atomic E-state index is 12.2. The molecule has 0 spiro atoms. The Morgan fingerprint density at radius 2 is 1.65 bits per heavy atom. The van der Waals surface area contributed by atoms with Gasteiger partial charge in [0.1, 0.15) is 18.2 Å². The van der Waals surface area contributed by atoms with Crippen molar-refractivity contribution in [2.75, 3.05) is 13.2 Å². The number of benzene rings is 3. The van der Waals surface area contributed by atoms with Gasteiger partial charge in [-0.05, 0) is 48.2 Å². The van der Waals surface area contributed by atoms with Crippen LogP contribution in [0.2, 0.25) is 0 Å². The number of hydrogen-bond donors (Lipinski definition) is 4. The highest BCUT2D eigenvalue weighted by Gasteiger charge is 2.22. The van der Waals surface area contributed by atoms with Crippen LogP contribution in [-0.2, 0) is 21.2 Å². The highest BCUT2D eigenvalue weighted by molar-refractivity contribution is 7.89. The predicted molar refractivity (Wildman–Crippen MR) is 154 cm³/mol. The van der Waals surface area contributed by atoms with Gasteiger partial charge in [0.05, 0.1) is 4.90 Å². The third-order valence-corrected chi connectivity index (χ3v) is 6.59. The van der Waals surface area contributed by atoms with Gasteiger partial charge < -0.3 is 14.8 Å². The number of aryl methyl sites for hydroxylation is 1. The summed E-state index contributed by atoms with van der Waals surface area (Å²) >= 11 is 16.6. The number of ether oxygens (including phenoxy) is 2. The summed E-state index contributed by atoms with van der Waals surface area (Å²) in [7, 11) is -3.90. The van der Waals surface area contributed by atoms with E-state index in [1.807, 2.05) is 6.07 Å². The van der Waals surface area contributed by atoms with Gasteiger partial charge in [0, 0.05) is 17.7 Å². The number of hydrogen-bond acceptors (Lipinski definition) is 7. The quantitative estimate of drug-likeness (QED) is 0.111. The molecule has 14 heteroatoms. The Hall–Kier alpha value is -3.35. The number of amides is 2. The van der Waals surface area contributed by atoms with Gasteiger partial charge in [-0.15, -0.1) is 0 Å². The zero-order chi connectivity index (χ0) is 29.3. The van der Waals surface area contributed by atoms with E-state index < -0.39 is 32.6 Å². The van der Waals surface area contributed by atoms with E-state index >= 15 is 0 Å². The molecule has 0 aromatic heterocycles. The van der Waals surface area contributed by atoms with Gasteiger partial charge in [-0.1, -0.05) is 83.3 Å². The van der Waals surface area contributed by atoms with Crippen molar-refractivity contribution >= 4 is 62.8 Å². The molecule has 40 heavy (non-hydrogen) atoms. The maximum atomic E-state index is 12.2. The number of amidine groups is 1. The summed E-state index contributed by atoms with van der Waals surface area (Å²) in [5.74, 6) is 0.0948. The zero-order valence-electron chi connectivity index (χ0n) is 20.8. The fourth-order valence-corrected chi connectivity index (χ4v) is 4.45. The van der Waals surface area contributed by atoms with Crippen LogP contribution in [-0.4, -0.2) is 43.4 Å². The van der Waals surface area contributed by atoms with Gasteiger partial charge >= 0.3 is 12.2 Å². The summed E-state index contributed by atoms with van der Waals surface area (Å²) in [6.45, 7) is -0.144. The molecule has 0 aliphatic carbocycles. The van der Waals surface area contributed by atoms with Crippen LogP contribution in [0.4, 0.5) is 9.59 Å². The predicted octanol–water partition coefficient (Wildman–Crippen LogP) is 5.14. The van der Waals surface area contributed by atoms with Crippen LogP contribution in [0.5, 0.6) is 5.75 Å². The molecule has 0 saturated heterocycles. The first-order chi connectivity index (χ1) is 18.8. The van der Waals surface area contributed by atoms with E-state index in [-0.39, 0.29) is 16.5 Å². The SMILES string of the molecule is N=C(NC(=O)OCC(Cl)(Cl)Cl)c1cccc(CCCNC(=O)Oc2ccc(-c3ccccc3S(N)(=O)=O)cc2)c1. The Kier molecular flexibility index (Phi) is 10.8. The number of nitrogens with one attached hydrogen (secondary N) is 3. The second kappa shape index (κ2) is 13.8. The number of carbonyl (C=O) groups excluding carboxylic acids is 2. The fourth-order valence-electron chi connectivity index (χ4n) is 3.52. The van der Waals surface area contributed by atoms with E-state index in [1.54, 1.807) is 60.7 Å². The molecule has 10 nitrogen and oxygen atoms in total. The molecule has 2 amide bonds. The lowest BCUT2D eigenvalue weighted by molar-refractivity contribution is 0.154. The summed E-state index contributed by atoms with van der Waals surface area (Å²) < 4.78 is 32.0. The first-order valence-electron chi connectivity index (χ1n) is 11.7. The zero-order valence-corrected chi connectivity index (χ0v) is 23.9. The first-order valence-corrected chi connectivity index (χ1v) is 14.4. The summed E-state index contributed by atoms with van der Waals surface area (Å²) in [5.41, 5.74) is 2.37. The lowest BCUT2D eigenvalue weighted by Gasteiger charge is -2.13. The average Bonchev–Trinajstić information content (AvgIpc) is 2.90. The number of carbonyl (C=O) groups is 2. The van der Waals surface area contributed by atoms with Gasteiger partial charge in [-0.2, -0.15) is 0 Å². The molecule has 0 bridgehead atoms. The molecule has 3 rings (SSSR count). The average molecular weight is 628 g/mol.